The molecule has 1 fully saturated rings. The molecular formula is C22H42NO6P. The van der Waals surface area contributed by atoms with E-state index >= 15 is 0 Å². The van der Waals surface area contributed by atoms with Gasteiger partial charge in [-0.25, -0.2) is 4.79 Å². The number of amides is 1. The Morgan fingerprint density at radius 1 is 1.13 bits per heavy atom. The van der Waals surface area contributed by atoms with E-state index in [1.165, 1.54) is 20.2 Å². The molecule has 0 aromatic heterocycles. The smallest absolute Gasteiger partial charge is 0.409 e. The largest absolute Gasteiger partial charge is 0.469 e. The number of esters is 1. The van der Waals surface area contributed by atoms with Crippen LogP contribution in [0.15, 0.2) is 0 Å². The van der Waals surface area contributed by atoms with Crippen LogP contribution in [-0.2, 0) is 23.4 Å². The Morgan fingerprint density at radius 3 is 2.23 bits per heavy atom. The van der Waals surface area contributed by atoms with E-state index in [4.69, 9.17) is 14.0 Å². The molecule has 30 heavy (non-hydrogen) atoms. The zero-order valence-electron chi connectivity index (χ0n) is 19.9. The maximum absolute atomic E-state index is 13.3. The quantitative estimate of drug-likeness (QED) is 0.268. The minimum Gasteiger partial charge on any atom is -0.469 e. The third-order valence-corrected chi connectivity index (χ3v) is 6.95. The van der Waals surface area contributed by atoms with Crippen molar-refractivity contribution in [3.8, 4) is 0 Å². The van der Waals surface area contributed by atoms with E-state index in [0.29, 0.717) is 18.8 Å². The van der Waals surface area contributed by atoms with Crippen LogP contribution >= 0.6 is 7.37 Å². The predicted octanol–water partition coefficient (Wildman–Crippen LogP) is 5.57. The molecule has 1 amide bonds. The number of hydrogen-bond acceptors (Lipinski definition) is 6. The van der Waals surface area contributed by atoms with Gasteiger partial charge in [-0.3, -0.25) is 14.7 Å². The van der Waals surface area contributed by atoms with Gasteiger partial charge in [-0.05, 0) is 45.4 Å². The molecule has 1 N–H and O–H groups in total. The van der Waals surface area contributed by atoms with Gasteiger partial charge in [0.05, 0.1) is 13.0 Å². The Hall–Kier alpha value is -1.07. The van der Waals surface area contributed by atoms with Crippen molar-refractivity contribution in [2.45, 2.75) is 91.4 Å². The van der Waals surface area contributed by atoms with Crippen molar-refractivity contribution >= 4 is 19.4 Å². The lowest BCUT2D eigenvalue weighted by Gasteiger charge is -2.30. The van der Waals surface area contributed by atoms with Crippen LogP contribution < -0.4 is 5.32 Å². The fourth-order valence-electron chi connectivity index (χ4n) is 3.99. The standard InChI is InChI=1S/C22H42NO6P/c1-16(2)13-18(20(24)27-6)15-30(7,26)29-19(14-17-11-9-8-10-12-17)23-21(25)28-22(3,4)5/h16-19H,8-15H2,1-7H3,(H,23,25). The van der Waals surface area contributed by atoms with E-state index in [1.807, 2.05) is 13.8 Å². The summed E-state index contributed by atoms with van der Waals surface area (Å²) in [5.74, 6) is -0.209. The van der Waals surface area contributed by atoms with Crippen molar-refractivity contribution < 1.29 is 28.2 Å². The minimum absolute atomic E-state index is 0.0923. The van der Waals surface area contributed by atoms with Gasteiger partial charge in [0.1, 0.15) is 11.8 Å². The summed E-state index contributed by atoms with van der Waals surface area (Å²) in [6.07, 6.45) is 5.64. The highest BCUT2D eigenvalue weighted by Gasteiger charge is 2.33. The third kappa shape index (κ3) is 11.4. The molecule has 3 atom stereocenters. The number of hydrogen-bond donors (Lipinski definition) is 1. The summed E-state index contributed by atoms with van der Waals surface area (Å²) in [5.41, 5.74) is -0.636. The van der Waals surface area contributed by atoms with Gasteiger partial charge in [0.2, 0.25) is 7.37 Å². The highest BCUT2D eigenvalue weighted by atomic mass is 31.2. The molecule has 0 heterocycles. The van der Waals surface area contributed by atoms with Crippen molar-refractivity contribution in [3.63, 3.8) is 0 Å². The van der Waals surface area contributed by atoms with Gasteiger partial charge in [0, 0.05) is 12.8 Å². The summed E-state index contributed by atoms with van der Waals surface area (Å²) in [5, 5.41) is 2.76. The zero-order chi connectivity index (χ0) is 22.9. The molecule has 0 aliphatic heterocycles. The number of ether oxygens (including phenoxy) is 2. The van der Waals surface area contributed by atoms with Gasteiger partial charge >= 0.3 is 12.1 Å². The van der Waals surface area contributed by atoms with Gasteiger partial charge in [-0.15, -0.1) is 0 Å². The summed E-state index contributed by atoms with van der Waals surface area (Å²) in [4.78, 5) is 24.5. The second-order valence-electron chi connectivity index (χ2n) is 10.0. The van der Waals surface area contributed by atoms with Gasteiger partial charge in [-0.2, -0.15) is 0 Å². The van der Waals surface area contributed by atoms with Crippen molar-refractivity contribution in [2.75, 3.05) is 19.9 Å². The van der Waals surface area contributed by atoms with Crippen LogP contribution in [0.25, 0.3) is 0 Å². The van der Waals surface area contributed by atoms with Crippen LogP contribution in [0, 0.1) is 17.8 Å². The Balaban J connectivity index is 2.88. The van der Waals surface area contributed by atoms with Crippen LogP contribution in [0.2, 0.25) is 0 Å². The molecule has 7 nitrogen and oxygen atoms in total. The average Bonchev–Trinajstić information content (AvgIpc) is 2.58. The first-order valence-corrected chi connectivity index (χ1v) is 13.4. The molecule has 0 radical (unpaired) electrons. The molecule has 0 aromatic rings. The number of rotatable bonds is 10. The summed E-state index contributed by atoms with van der Waals surface area (Å²) in [6.45, 7) is 10.9. The van der Waals surface area contributed by atoms with Crippen molar-refractivity contribution in [1.82, 2.24) is 5.32 Å². The van der Waals surface area contributed by atoms with Crippen LogP contribution in [0.5, 0.6) is 0 Å². The number of carbonyl (C=O) groups excluding carboxylic acids is 2. The van der Waals surface area contributed by atoms with Gasteiger partial charge in [-0.1, -0.05) is 46.0 Å². The minimum atomic E-state index is -3.17. The molecule has 176 valence electrons. The first kappa shape index (κ1) is 27.0. The van der Waals surface area contributed by atoms with Crippen molar-refractivity contribution in [2.24, 2.45) is 17.8 Å². The first-order valence-electron chi connectivity index (χ1n) is 11.1. The Kier molecular flexibility index (Phi) is 10.9. The van der Waals surface area contributed by atoms with Gasteiger partial charge < -0.3 is 14.0 Å². The molecule has 8 heteroatoms. The molecule has 0 bridgehead atoms. The van der Waals surface area contributed by atoms with E-state index in [0.717, 1.165) is 25.7 Å². The van der Waals surface area contributed by atoms with E-state index in [1.54, 1.807) is 20.8 Å². The fourth-order valence-corrected chi connectivity index (χ4v) is 5.85. The normalized spacial score (nSPS) is 19.6. The number of carbonyl (C=O) groups is 2. The SMILES string of the molecule is COC(=O)C(CC(C)C)CP(C)(=O)OC(CC1CCCCC1)NC(=O)OC(C)(C)C. The van der Waals surface area contributed by atoms with E-state index in [9.17, 15) is 14.2 Å². The van der Waals surface area contributed by atoms with Crippen molar-refractivity contribution in [1.29, 1.82) is 0 Å². The topological polar surface area (TPSA) is 90.9 Å². The lowest BCUT2D eigenvalue weighted by Crippen LogP contribution is -2.41. The van der Waals surface area contributed by atoms with E-state index < -0.39 is 31.2 Å². The monoisotopic (exact) mass is 447 g/mol. The number of alkyl carbamates (subject to hydrolysis) is 1. The van der Waals surface area contributed by atoms with Crippen LogP contribution in [-0.4, -0.2) is 43.8 Å². The Bertz CT molecular complexity index is 595. The van der Waals surface area contributed by atoms with E-state index in [2.05, 4.69) is 5.32 Å². The molecule has 1 aliphatic carbocycles. The summed E-state index contributed by atoms with van der Waals surface area (Å²) in [7, 11) is -1.83. The maximum atomic E-state index is 13.3. The van der Waals surface area contributed by atoms with Gasteiger partial charge in [0.15, 0.2) is 0 Å². The average molecular weight is 448 g/mol. The highest BCUT2D eigenvalue weighted by Crippen LogP contribution is 2.47. The Morgan fingerprint density at radius 2 is 1.73 bits per heavy atom. The Labute approximate surface area is 182 Å². The number of nitrogens with one attached hydrogen (secondary N) is 1. The molecule has 1 saturated carbocycles. The summed E-state index contributed by atoms with van der Waals surface area (Å²) >= 11 is 0. The molecular weight excluding hydrogens is 405 g/mol. The lowest BCUT2D eigenvalue weighted by molar-refractivity contribution is -0.145. The second kappa shape index (κ2) is 12.1. The summed E-state index contributed by atoms with van der Waals surface area (Å²) in [6, 6.07) is 0. The molecule has 0 saturated heterocycles. The maximum Gasteiger partial charge on any atom is 0.409 e. The molecule has 3 unspecified atom stereocenters. The lowest BCUT2D eigenvalue weighted by atomic mass is 9.86. The van der Waals surface area contributed by atoms with E-state index in [-0.39, 0.29) is 18.0 Å². The zero-order valence-corrected chi connectivity index (χ0v) is 20.8. The molecule has 0 spiro atoms. The number of methoxy groups -OCH3 is 1. The highest BCUT2D eigenvalue weighted by molar-refractivity contribution is 7.58. The van der Waals surface area contributed by atoms with Gasteiger partial charge in [0.25, 0.3) is 0 Å². The molecule has 1 rings (SSSR count). The summed E-state index contributed by atoms with van der Waals surface area (Å²) < 4.78 is 29.6. The van der Waals surface area contributed by atoms with Crippen LogP contribution in [0.1, 0.15) is 79.6 Å². The third-order valence-electron chi connectivity index (χ3n) is 5.14. The van der Waals surface area contributed by atoms with Crippen LogP contribution in [0.3, 0.4) is 0 Å². The van der Waals surface area contributed by atoms with Crippen molar-refractivity contribution in [3.05, 3.63) is 0 Å². The molecule has 0 aromatic carbocycles. The molecule has 1 aliphatic rings. The first-order chi connectivity index (χ1) is 13.8. The van der Waals surface area contributed by atoms with Crippen LogP contribution in [0.4, 0.5) is 4.79 Å². The fraction of sp³-hybridized carbons (Fsp3) is 0.909. The second-order valence-corrected chi connectivity index (χ2v) is 12.6. The predicted molar refractivity (Wildman–Crippen MR) is 119 cm³/mol.